The Balaban J connectivity index is 1.89. The van der Waals surface area contributed by atoms with E-state index >= 15 is 0 Å². The summed E-state index contributed by atoms with van der Waals surface area (Å²) in [6, 6.07) is 23.0. The van der Waals surface area contributed by atoms with Gasteiger partial charge in [-0.05, 0) is 54.7 Å². The number of rotatable bonds is 16. The van der Waals surface area contributed by atoms with E-state index in [1.54, 1.807) is 41.3 Å². The van der Waals surface area contributed by atoms with Gasteiger partial charge in [0.05, 0.1) is 18.6 Å². The standard InChI is InChI=1S/C33H42ClN3O5S/c1-5-42-31-15-10-9-14-29(31)37(43(4,40)41)21-11-16-32(38)36(24-27-17-19-28(34)20-18-27)30(33(39)35-23-25(2)3)22-26-12-7-6-8-13-26/h6-10,12-15,17-20,25,30H,5,11,16,21-24H2,1-4H3,(H,35,39)/t30-/m0/s1. The van der Waals surface area contributed by atoms with Gasteiger partial charge in [0.1, 0.15) is 11.8 Å². The van der Waals surface area contributed by atoms with Gasteiger partial charge >= 0.3 is 0 Å². The Bertz CT molecular complexity index is 1430. The molecule has 0 aliphatic carbocycles. The number of sulfonamides is 1. The molecule has 8 nitrogen and oxygen atoms in total. The first-order valence-corrected chi connectivity index (χ1v) is 16.8. The summed E-state index contributed by atoms with van der Waals surface area (Å²) in [7, 11) is -3.66. The van der Waals surface area contributed by atoms with Gasteiger partial charge in [0.2, 0.25) is 21.8 Å². The van der Waals surface area contributed by atoms with Crippen molar-refractivity contribution in [2.75, 3.05) is 30.3 Å². The van der Waals surface area contributed by atoms with Gasteiger partial charge in [-0.2, -0.15) is 0 Å². The van der Waals surface area contributed by atoms with Crippen molar-refractivity contribution in [2.24, 2.45) is 5.92 Å². The summed E-state index contributed by atoms with van der Waals surface area (Å²) in [4.78, 5) is 29.2. The van der Waals surface area contributed by atoms with E-state index in [1.807, 2.05) is 63.2 Å². The molecule has 0 aliphatic rings. The normalized spacial score (nSPS) is 12.0. The van der Waals surface area contributed by atoms with Gasteiger partial charge in [-0.1, -0.05) is 80.0 Å². The monoisotopic (exact) mass is 627 g/mol. The number of benzene rings is 3. The molecule has 232 valence electrons. The van der Waals surface area contributed by atoms with Gasteiger partial charge in [-0.25, -0.2) is 8.42 Å². The van der Waals surface area contributed by atoms with Gasteiger partial charge < -0.3 is 15.0 Å². The lowest BCUT2D eigenvalue weighted by Gasteiger charge is -2.32. The summed E-state index contributed by atoms with van der Waals surface area (Å²) in [5, 5.41) is 3.59. The Kier molecular flexibility index (Phi) is 12.9. The van der Waals surface area contributed by atoms with Crippen molar-refractivity contribution in [1.82, 2.24) is 10.2 Å². The number of carbonyl (C=O) groups is 2. The van der Waals surface area contributed by atoms with Crippen LogP contribution in [0.1, 0.15) is 44.7 Å². The number of hydrogen-bond donors (Lipinski definition) is 1. The SMILES string of the molecule is CCOc1ccccc1N(CCCC(=O)N(Cc1ccc(Cl)cc1)[C@@H](Cc1ccccc1)C(=O)NCC(C)C)S(C)(=O)=O. The molecule has 0 aliphatic heterocycles. The maximum atomic E-state index is 14.0. The fraction of sp³-hybridized carbons (Fsp3) is 0.394. The molecule has 0 heterocycles. The second kappa shape index (κ2) is 16.3. The number of anilines is 1. The molecule has 0 unspecified atom stereocenters. The molecule has 3 rings (SSSR count). The molecule has 0 aromatic heterocycles. The second-order valence-corrected chi connectivity index (χ2v) is 13.2. The molecule has 1 N–H and O–H groups in total. The predicted molar refractivity (Wildman–Crippen MR) is 173 cm³/mol. The molecule has 3 aromatic rings. The van der Waals surface area contributed by atoms with Crippen LogP contribution in [0.25, 0.3) is 0 Å². The number of carbonyl (C=O) groups excluding carboxylic acids is 2. The highest BCUT2D eigenvalue weighted by Crippen LogP contribution is 2.30. The zero-order valence-electron chi connectivity index (χ0n) is 25.3. The molecule has 0 bridgehead atoms. The number of nitrogens with one attached hydrogen (secondary N) is 1. The van der Waals surface area contributed by atoms with E-state index in [4.69, 9.17) is 16.3 Å². The average Bonchev–Trinajstić information content (AvgIpc) is 2.97. The molecule has 43 heavy (non-hydrogen) atoms. The Morgan fingerprint density at radius 1 is 0.930 bits per heavy atom. The second-order valence-electron chi connectivity index (χ2n) is 10.8. The third-order valence-electron chi connectivity index (χ3n) is 6.81. The van der Waals surface area contributed by atoms with Crippen molar-refractivity contribution in [3.05, 3.63) is 95.0 Å². The molecule has 3 aromatic carbocycles. The first-order valence-electron chi connectivity index (χ1n) is 14.5. The van der Waals surface area contributed by atoms with E-state index in [0.717, 1.165) is 17.4 Å². The maximum Gasteiger partial charge on any atom is 0.243 e. The highest BCUT2D eigenvalue weighted by atomic mass is 35.5. The van der Waals surface area contributed by atoms with Crippen LogP contribution in [-0.4, -0.2) is 57.1 Å². The van der Waals surface area contributed by atoms with Crippen LogP contribution in [-0.2, 0) is 32.6 Å². The Hall–Kier alpha value is -3.56. The van der Waals surface area contributed by atoms with E-state index in [2.05, 4.69) is 5.32 Å². The van der Waals surface area contributed by atoms with Crippen LogP contribution < -0.4 is 14.4 Å². The summed E-state index contributed by atoms with van der Waals surface area (Å²) < 4.78 is 32.6. The third-order valence-corrected chi connectivity index (χ3v) is 8.24. The number of halogens is 1. The summed E-state index contributed by atoms with van der Waals surface area (Å²) in [5.74, 6) is 0.213. The van der Waals surface area contributed by atoms with E-state index in [9.17, 15) is 18.0 Å². The average molecular weight is 628 g/mol. The predicted octanol–water partition coefficient (Wildman–Crippen LogP) is 5.70. The highest BCUT2D eigenvalue weighted by Gasteiger charge is 2.31. The van der Waals surface area contributed by atoms with E-state index in [0.29, 0.717) is 36.0 Å². The van der Waals surface area contributed by atoms with Crippen LogP contribution in [0, 0.1) is 5.92 Å². The van der Waals surface area contributed by atoms with Crippen molar-refractivity contribution in [3.63, 3.8) is 0 Å². The molecular weight excluding hydrogens is 586 g/mol. The van der Waals surface area contributed by atoms with Crippen LogP contribution in [0.3, 0.4) is 0 Å². The Morgan fingerprint density at radius 2 is 1.58 bits per heavy atom. The summed E-state index contributed by atoms with van der Waals surface area (Å²) in [6.45, 7) is 7.00. The van der Waals surface area contributed by atoms with Crippen molar-refractivity contribution >= 4 is 39.1 Å². The zero-order valence-corrected chi connectivity index (χ0v) is 26.9. The number of amides is 2. The molecular formula is C33H42ClN3O5S. The largest absolute Gasteiger partial charge is 0.492 e. The van der Waals surface area contributed by atoms with Crippen LogP contribution in [0.4, 0.5) is 5.69 Å². The lowest BCUT2D eigenvalue weighted by Crippen LogP contribution is -2.51. The van der Waals surface area contributed by atoms with Gasteiger partial charge in [-0.3, -0.25) is 13.9 Å². The first-order chi connectivity index (χ1) is 20.5. The van der Waals surface area contributed by atoms with E-state index < -0.39 is 16.1 Å². The molecule has 1 atom stereocenters. The minimum atomic E-state index is -3.66. The quantitative estimate of drug-likeness (QED) is 0.220. The van der Waals surface area contributed by atoms with E-state index in [1.165, 1.54) is 4.31 Å². The summed E-state index contributed by atoms with van der Waals surface area (Å²) in [6.07, 6.45) is 1.76. The van der Waals surface area contributed by atoms with Gasteiger partial charge in [0.25, 0.3) is 0 Å². The van der Waals surface area contributed by atoms with Crippen molar-refractivity contribution in [3.8, 4) is 5.75 Å². The highest BCUT2D eigenvalue weighted by molar-refractivity contribution is 7.92. The molecule has 0 saturated carbocycles. The van der Waals surface area contributed by atoms with Crippen LogP contribution in [0.5, 0.6) is 5.75 Å². The number of nitrogens with zero attached hydrogens (tertiary/aromatic N) is 2. The van der Waals surface area contributed by atoms with Gasteiger partial charge in [0, 0.05) is 37.5 Å². The van der Waals surface area contributed by atoms with Crippen molar-refractivity contribution in [1.29, 1.82) is 0 Å². The molecule has 2 amide bonds. The molecule has 0 radical (unpaired) electrons. The number of hydrogen-bond acceptors (Lipinski definition) is 5. The molecule has 0 spiro atoms. The minimum Gasteiger partial charge on any atom is -0.492 e. The number of ether oxygens (including phenoxy) is 1. The Labute approximate surface area is 261 Å². The van der Waals surface area contributed by atoms with Crippen LogP contribution >= 0.6 is 11.6 Å². The first kappa shape index (κ1) is 33.9. The topological polar surface area (TPSA) is 96.0 Å². The zero-order chi connectivity index (χ0) is 31.4. The summed E-state index contributed by atoms with van der Waals surface area (Å²) in [5.41, 5.74) is 2.18. The number of para-hydroxylation sites is 2. The van der Waals surface area contributed by atoms with Crippen molar-refractivity contribution in [2.45, 2.75) is 52.6 Å². The van der Waals surface area contributed by atoms with Crippen LogP contribution in [0.2, 0.25) is 5.02 Å². The van der Waals surface area contributed by atoms with E-state index in [-0.39, 0.29) is 43.7 Å². The minimum absolute atomic E-state index is 0.0408. The fourth-order valence-corrected chi connectivity index (χ4v) is 5.78. The third kappa shape index (κ3) is 10.6. The molecule has 10 heteroatoms. The van der Waals surface area contributed by atoms with Crippen LogP contribution in [0.15, 0.2) is 78.9 Å². The lowest BCUT2D eigenvalue weighted by atomic mass is 10.0. The fourth-order valence-electron chi connectivity index (χ4n) is 4.69. The Morgan fingerprint density at radius 3 is 2.21 bits per heavy atom. The summed E-state index contributed by atoms with van der Waals surface area (Å²) >= 11 is 6.11. The smallest absolute Gasteiger partial charge is 0.243 e. The van der Waals surface area contributed by atoms with Gasteiger partial charge in [-0.15, -0.1) is 0 Å². The van der Waals surface area contributed by atoms with Crippen molar-refractivity contribution < 1.29 is 22.7 Å². The maximum absolute atomic E-state index is 14.0. The molecule has 0 saturated heterocycles. The lowest BCUT2D eigenvalue weighted by molar-refractivity contribution is -0.141. The molecule has 0 fully saturated rings. The van der Waals surface area contributed by atoms with Gasteiger partial charge in [0.15, 0.2) is 0 Å².